The average Bonchev–Trinajstić information content (AvgIpc) is 2.59. The number of aromatic nitrogens is 1. The lowest BCUT2D eigenvalue weighted by Gasteiger charge is -2.25. The largest absolute Gasteiger partial charge is 0.383 e. The Kier molecular flexibility index (Phi) is 5.83. The third-order valence-electron chi connectivity index (χ3n) is 2.17. The molecule has 0 bridgehead atoms. The molecule has 0 aromatic carbocycles. The number of anilines is 1. The molecule has 0 aliphatic carbocycles. The van der Waals surface area contributed by atoms with Crippen molar-refractivity contribution in [3.63, 3.8) is 0 Å². The van der Waals surface area contributed by atoms with E-state index in [2.05, 4.69) is 23.7 Å². The molecular weight excluding hydrogens is 267 g/mol. The highest BCUT2D eigenvalue weighted by molar-refractivity contribution is 7.16. The molecule has 0 amide bonds. The number of methoxy groups -OCH3 is 1. The number of hydrogen-bond acceptors (Lipinski definition) is 4. The molecule has 0 spiro atoms. The van der Waals surface area contributed by atoms with Gasteiger partial charge in [0, 0.05) is 19.7 Å². The van der Waals surface area contributed by atoms with Crippen LogP contribution in [-0.2, 0) is 10.6 Å². The Labute approximate surface area is 110 Å². The summed E-state index contributed by atoms with van der Waals surface area (Å²) in [6.07, 6.45) is 0. The van der Waals surface area contributed by atoms with Crippen molar-refractivity contribution in [1.29, 1.82) is 0 Å². The van der Waals surface area contributed by atoms with Gasteiger partial charge >= 0.3 is 0 Å². The van der Waals surface area contributed by atoms with Gasteiger partial charge in [-0.25, -0.2) is 4.98 Å². The predicted molar refractivity (Wildman–Crippen MR) is 71.0 cm³/mol. The molecule has 3 nitrogen and oxygen atoms in total. The molecule has 1 heterocycles. The molecule has 1 aromatic rings. The molecule has 92 valence electrons. The zero-order valence-corrected chi connectivity index (χ0v) is 12.0. The van der Waals surface area contributed by atoms with Crippen molar-refractivity contribution >= 4 is 39.7 Å². The normalized spacial score (nSPS) is 11.1. The lowest BCUT2D eigenvalue weighted by atomic mass is 10.3. The van der Waals surface area contributed by atoms with Gasteiger partial charge in [-0.2, -0.15) is 0 Å². The molecule has 0 aliphatic heterocycles. The highest BCUT2D eigenvalue weighted by Gasteiger charge is 2.16. The number of thiazole rings is 1. The number of nitrogens with zero attached hydrogens (tertiary/aromatic N) is 2. The molecule has 0 radical (unpaired) electrons. The van der Waals surface area contributed by atoms with E-state index in [1.807, 2.05) is 0 Å². The number of rotatable bonds is 6. The summed E-state index contributed by atoms with van der Waals surface area (Å²) < 4.78 is 5.08. The van der Waals surface area contributed by atoms with Gasteiger partial charge in [0.15, 0.2) is 5.13 Å². The van der Waals surface area contributed by atoms with Crippen LogP contribution < -0.4 is 4.90 Å². The van der Waals surface area contributed by atoms with Crippen LogP contribution in [0.2, 0.25) is 5.15 Å². The summed E-state index contributed by atoms with van der Waals surface area (Å²) in [7, 11) is 1.69. The number of ether oxygens (including phenoxy) is 1. The van der Waals surface area contributed by atoms with Crippen LogP contribution in [0, 0.1) is 0 Å². The van der Waals surface area contributed by atoms with E-state index in [1.54, 1.807) is 18.4 Å². The lowest BCUT2D eigenvalue weighted by Crippen LogP contribution is -2.33. The third kappa shape index (κ3) is 3.48. The first-order valence-electron chi connectivity index (χ1n) is 5.06. The maximum absolute atomic E-state index is 5.98. The second-order valence-corrected chi connectivity index (χ2v) is 5.31. The van der Waals surface area contributed by atoms with Crippen LogP contribution in [-0.4, -0.2) is 31.3 Å². The van der Waals surface area contributed by atoms with Crippen molar-refractivity contribution in [3.05, 3.63) is 10.0 Å². The topological polar surface area (TPSA) is 25.4 Å². The van der Waals surface area contributed by atoms with Crippen LogP contribution in [0.1, 0.15) is 18.7 Å². The fraction of sp³-hybridized carbons (Fsp3) is 0.700. The molecular formula is C10H16Cl2N2OS. The second kappa shape index (κ2) is 6.64. The molecule has 0 unspecified atom stereocenters. The molecule has 0 N–H and O–H groups in total. The molecule has 0 atom stereocenters. The summed E-state index contributed by atoms with van der Waals surface area (Å²) in [5.41, 5.74) is 0. The minimum absolute atomic E-state index is 0.362. The van der Waals surface area contributed by atoms with E-state index in [0.29, 0.717) is 23.7 Å². The third-order valence-corrected chi connectivity index (χ3v) is 4.11. The highest BCUT2D eigenvalue weighted by atomic mass is 35.5. The minimum atomic E-state index is 0.362. The summed E-state index contributed by atoms with van der Waals surface area (Å²) in [6.45, 7) is 5.71. The summed E-state index contributed by atoms with van der Waals surface area (Å²) >= 11 is 13.3. The Bertz CT molecular complexity index is 331. The van der Waals surface area contributed by atoms with Crippen LogP contribution in [0.3, 0.4) is 0 Å². The van der Waals surface area contributed by atoms with Gasteiger partial charge in [-0.3, -0.25) is 0 Å². The number of hydrogen-bond donors (Lipinski definition) is 0. The quantitative estimate of drug-likeness (QED) is 0.748. The fourth-order valence-corrected chi connectivity index (χ4v) is 2.92. The summed E-state index contributed by atoms with van der Waals surface area (Å²) in [5.74, 6) is 0.409. The molecule has 0 fully saturated rings. The highest BCUT2D eigenvalue weighted by Crippen LogP contribution is 2.31. The van der Waals surface area contributed by atoms with Gasteiger partial charge < -0.3 is 9.64 Å². The van der Waals surface area contributed by atoms with Crippen LogP contribution in [0.25, 0.3) is 0 Å². The monoisotopic (exact) mass is 282 g/mol. The van der Waals surface area contributed by atoms with Gasteiger partial charge in [-0.15, -0.1) is 11.6 Å². The van der Waals surface area contributed by atoms with Crippen LogP contribution >= 0.6 is 34.5 Å². The van der Waals surface area contributed by atoms with Crippen LogP contribution in [0.4, 0.5) is 5.13 Å². The molecule has 16 heavy (non-hydrogen) atoms. The van der Waals surface area contributed by atoms with E-state index in [4.69, 9.17) is 27.9 Å². The van der Waals surface area contributed by atoms with Crippen molar-refractivity contribution in [2.45, 2.75) is 25.8 Å². The first-order valence-corrected chi connectivity index (χ1v) is 6.79. The van der Waals surface area contributed by atoms with Crippen molar-refractivity contribution in [1.82, 2.24) is 4.98 Å². The summed E-state index contributed by atoms with van der Waals surface area (Å²) in [6, 6.07) is 0.362. The maximum atomic E-state index is 5.98. The molecule has 0 aliphatic rings. The van der Waals surface area contributed by atoms with Gasteiger partial charge in [0.25, 0.3) is 0 Å². The molecule has 6 heteroatoms. The Morgan fingerprint density at radius 3 is 2.62 bits per heavy atom. The zero-order chi connectivity index (χ0) is 12.1. The number of halogens is 2. The van der Waals surface area contributed by atoms with Gasteiger partial charge in [-0.05, 0) is 13.8 Å². The second-order valence-electron chi connectivity index (χ2n) is 3.62. The smallest absolute Gasteiger partial charge is 0.187 e. The Morgan fingerprint density at radius 2 is 2.19 bits per heavy atom. The Balaban J connectivity index is 2.83. The van der Waals surface area contributed by atoms with E-state index in [0.717, 1.165) is 16.6 Å². The van der Waals surface area contributed by atoms with E-state index < -0.39 is 0 Å². The Morgan fingerprint density at radius 1 is 1.50 bits per heavy atom. The fourth-order valence-electron chi connectivity index (χ4n) is 1.29. The van der Waals surface area contributed by atoms with E-state index in [-0.39, 0.29) is 0 Å². The predicted octanol–water partition coefficient (Wildman–Crippen LogP) is 3.40. The molecule has 1 aromatic heterocycles. The van der Waals surface area contributed by atoms with Crippen molar-refractivity contribution < 1.29 is 4.74 Å². The van der Waals surface area contributed by atoms with E-state index in [9.17, 15) is 0 Å². The first kappa shape index (κ1) is 14.0. The SMILES string of the molecule is COCCN(c1nc(Cl)c(CCl)s1)C(C)C. The average molecular weight is 283 g/mol. The Hall–Kier alpha value is -0.0300. The zero-order valence-electron chi connectivity index (χ0n) is 9.67. The van der Waals surface area contributed by atoms with E-state index >= 15 is 0 Å². The van der Waals surface area contributed by atoms with Crippen molar-refractivity contribution in [3.8, 4) is 0 Å². The van der Waals surface area contributed by atoms with Crippen molar-refractivity contribution in [2.24, 2.45) is 0 Å². The van der Waals surface area contributed by atoms with E-state index in [1.165, 1.54) is 0 Å². The first-order chi connectivity index (χ1) is 7.60. The lowest BCUT2D eigenvalue weighted by molar-refractivity contribution is 0.204. The molecule has 0 saturated heterocycles. The minimum Gasteiger partial charge on any atom is -0.383 e. The maximum Gasteiger partial charge on any atom is 0.187 e. The van der Waals surface area contributed by atoms with Crippen LogP contribution in [0.5, 0.6) is 0 Å². The molecule has 1 rings (SSSR count). The summed E-state index contributed by atoms with van der Waals surface area (Å²) in [5, 5.41) is 1.42. The van der Waals surface area contributed by atoms with Crippen molar-refractivity contribution in [2.75, 3.05) is 25.2 Å². The number of alkyl halides is 1. The van der Waals surface area contributed by atoms with Gasteiger partial charge in [0.2, 0.25) is 0 Å². The van der Waals surface area contributed by atoms with Gasteiger partial charge in [0.05, 0.1) is 17.4 Å². The standard InChI is InChI=1S/C10H16Cl2N2OS/c1-7(2)14(4-5-15-3)10-13-9(12)8(6-11)16-10/h7H,4-6H2,1-3H3. The summed E-state index contributed by atoms with van der Waals surface area (Å²) in [4.78, 5) is 7.41. The van der Waals surface area contributed by atoms with Gasteiger partial charge in [-0.1, -0.05) is 22.9 Å². The van der Waals surface area contributed by atoms with Gasteiger partial charge in [0.1, 0.15) is 5.15 Å². The van der Waals surface area contributed by atoms with Crippen LogP contribution in [0.15, 0.2) is 0 Å². The molecule has 0 saturated carbocycles.